The zero-order chi connectivity index (χ0) is 27.1. The van der Waals surface area contributed by atoms with Gasteiger partial charge in [-0.1, -0.05) is 19.1 Å². The number of likely N-dealkylation sites (tertiary alicyclic amines) is 1. The van der Waals surface area contributed by atoms with E-state index in [1.165, 1.54) is 12.3 Å². The summed E-state index contributed by atoms with van der Waals surface area (Å²) in [5.41, 5.74) is 1.77. The molecule has 2 amide bonds. The molecule has 0 spiro atoms. The Morgan fingerprint density at radius 1 is 1.08 bits per heavy atom. The number of piperidine rings is 1. The molecule has 6 rings (SSSR count). The molecule has 1 aromatic carbocycles. The first-order valence-electron chi connectivity index (χ1n) is 13.3. The molecule has 2 aliphatic heterocycles. The number of hydrogen-bond acceptors (Lipinski definition) is 8. The van der Waals surface area contributed by atoms with Gasteiger partial charge in [0.05, 0.1) is 23.4 Å². The summed E-state index contributed by atoms with van der Waals surface area (Å²) >= 11 is 0. The second-order valence-corrected chi connectivity index (χ2v) is 10.6. The molecular formula is C28H31N7O4. The van der Waals surface area contributed by atoms with Crippen LogP contribution in [0, 0.1) is 5.92 Å². The van der Waals surface area contributed by atoms with Crippen LogP contribution in [0.5, 0.6) is 0 Å². The molecule has 0 aliphatic carbocycles. The predicted octanol–water partition coefficient (Wildman–Crippen LogP) is 2.75. The van der Waals surface area contributed by atoms with Crippen LogP contribution in [0.1, 0.15) is 31.4 Å². The molecule has 2 saturated heterocycles. The molecule has 2 fully saturated rings. The number of likely N-dealkylation sites (N-methyl/N-ethyl adjacent to an activating group) is 1. The number of piperazine rings is 1. The minimum atomic E-state index is -0.772. The Kier molecular flexibility index (Phi) is 6.51. The number of nitrogens with one attached hydrogen (secondary N) is 2. The van der Waals surface area contributed by atoms with Gasteiger partial charge in [-0.15, -0.1) is 0 Å². The number of amides is 2. The van der Waals surface area contributed by atoms with Crippen molar-refractivity contribution in [2.24, 2.45) is 5.92 Å². The van der Waals surface area contributed by atoms with E-state index >= 15 is 0 Å². The van der Waals surface area contributed by atoms with Gasteiger partial charge in [0.2, 0.25) is 0 Å². The van der Waals surface area contributed by atoms with Crippen molar-refractivity contribution in [1.29, 1.82) is 0 Å². The van der Waals surface area contributed by atoms with E-state index in [1.54, 1.807) is 4.90 Å². The number of nitrogens with zero attached hydrogens (tertiary/aromatic N) is 5. The van der Waals surface area contributed by atoms with E-state index in [2.05, 4.69) is 57.4 Å². The maximum atomic E-state index is 13.4. The van der Waals surface area contributed by atoms with Gasteiger partial charge in [0.25, 0.3) is 11.3 Å². The van der Waals surface area contributed by atoms with Gasteiger partial charge in [0.15, 0.2) is 0 Å². The molecular weight excluding hydrogens is 498 g/mol. The highest BCUT2D eigenvalue weighted by Crippen LogP contribution is 2.35. The molecule has 11 heteroatoms. The number of pyridine rings is 2. The highest BCUT2D eigenvalue weighted by Gasteiger charge is 2.34. The summed E-state index contributed by atoms with van der Waals surface area (Å²) in [6.07, 6.45) is 3.06. The molecule has 0 bridgehead atoms. The minimum Gasteiger partial charge on any atom is -0.358 e. The highest BCUT2D eigenvalue weighted by atomic mass is 16.5. The van der Waals surface area contributed by atoms with Crippen molar-refractivity contribution in [2.45, 2.75) is 25.8 Å². The molecule has 0 unspecified atom stereocenters. The lowest BCUT2D eigenvalue weighted by Gasteiger charge is -2.38. The molecule has 0 radical (unpaired) electrons. The van der Waals surface area contributed by atoms with E-state index in [-0.39, 0.29) is 28.7 Å². The normalized spacial score (nSPS) is 20.5. The van der Waals surface area contributed by atoms with Crippen molar-refractivity contribution in [3.63, 3.8) is 0 Å². The molecule has 0 saturated carbocycles. The number of anilines is 2. The number of carbonyl (C=O) groups is 2. The molecule has 11 nitrogen and oxygen atoms in total. The monoisotopic (exact) mass is 529 g/mol. The average molecular weight is 530 g/mol. The summed E-state index contributed by atoms with van der Waals surface area (Å²) in [4.78, 5) is 53.6. The Labute approximate surface area is 224 Å². The SMILES string of the molecule is C[C@H]1CC[C@H](c2ccc3ccc(N4CCN(C)CC4)nc3c2)N(C(=O)C(=O)Nc2cnc3o[nH]c(=O)c3c2)C1. The molecule has 4 aromatic rings. The van der Waals surface area contributed by atoms with Crippen LogP contribution < -0.4 is 15.8 Å². The largest absolute Gasteiger partial charge is 0.358 e. The van der Waals surface area contributed by atoms with E-state index < -0.39 is 17.4 Å². The van der Waals surface area contributed by atoms with E-state index in [0.717, 1.165) is 61.3 Å². The Balaban J connectivity index is 1.25. The summed E-state index contributed by atoms with van der Waals surface area (Å²) in [5, 5.41) is 6.04. The molecule has 5 heterocycles. The number of aromatic nitrogens is 3. The fraction of sp³-hybridized carbons (Fsp3) is 0.393. The van der Waals surface area contributed by atoms with Crippen LogP contribution in [0.25, 0.3) is 22.0 Å². The fourth-order valence-corrected chi connectivity index (χ4v) is 5.50. The summed E-state index contributed by atoms with van der Waals surface area (Å²) in [6.45, 7) is 6.43. The number of benzene rings is 1. The van der Waals surface area contributed by atoms with Crippen LogP contribution in [0.3, 0.4) is 0 Å². The van der Waals surface area contributed by atoms with Crippen LogP contribution in [0.2, 0.25) is 0 Å². The first-order valence-corrected chi connectivity index (χ1v) is 13.3. The highest BCUT2D eigenvalue weighted by molar-refractivity contribution is 6.39. The van der Waals surface area contributed by atoms with Crippen LogP contribution in [0.15, 0.2) is 51.9 Å². The standard InChI is InChI=1S/C28H31N7O4/c1-17-3-7-23(19-5-4-18-6-8-24(31-22(18)13-19)34-11-9-33(2)10-12-34)35(16-17)28(38)26(37)30-20-14-21-25(36)32-39-27(21)29-15-20/h4-6,8,13-15,17,23H,3,7,9-12,16H2,1-2H3,(H,30,37)(H,32,36)/t17-,23+/m0/s1. The maximum absolute atomic E-state index is 13.4. The summed E-state index contributed by atoms with van der Waals surface area (Å²) in [7, 11) is 2.13. The number of hydrogen-bond donors (Lipinski definition) is 2. The van der Waals surface area contributed by atoms with Gasteiger partial charge in [-0.3, -0.25) is 14.4 Å². The number of fused-ring (bicyclic) bond motifs is 2. The zero-order valence-corrected chi connectivity index (χ0v) is 22.0. The van der Waals surface area contributed by atoms with Gasteiger partial charge in [0, 0.05) is 38.1 Å². The third-order valence-electron chi connectivity index (χ3n) is 7.78. The van der Waals surface area contributed by atoms with Gasteiger partial charge in [-0.05, 0) is 55.6 Å². The quantitative estimate of drug-likeness (QED) is 0.388. The van der Waals surface area contributed by atoms with Crippen molar-refractivity contribution >= 4 is 45.3 Å². The van der Waals surface area contributed by atoms with Crippen LogP contribution >= 0.6 is 0 Å². The van der Waals surface area contributed by atoms with E-state index in [1.807, 2.05) is 12.1 Å². The first kappa shape index (κ1) is 25.1. The number of carbonyl (C=O) groups excluding carboxylic acids is 2. The van der Waals surface area contributed by atoms with Crippen molar-refractivity contribution in [1.82, 2.24) is 24.9 Å². The lowest BCUT2D eigenvalue weighted by atomic mass is 9.89. The lowest BCUT2D eigenvalue weighted by molar-refractivity contribution is -0.146. The topological polar surface area (TPSA) is 128 Å². The molecule has 202 valence electrons. The zero-order valence-electron chi connectivity index (χ0n) is 22.0. The Bertz CT molecular complexity index is 1600. The van der Waals surface area contributed by atoms with Gasteiger partial charge in [-0.2, -0.15) is 5.16 Å². The summed E-state index contributed by atoms with van der Waals surface area (Å²) in [5.74, 6) is -0.166. The third kappa shape index (κ3) is 4.97. The van der Waals surface area contributed by atoms with Crippen LogP contribution in [-0.2, 0) is 9.59 Å². The number of H-pyrrole nitrogens is 1. The van der Waals surface area contributed by atoms with E-state index in [4.69, 9.17) is 9.51 Å². The summed E-state index contributed by atoms with van der Waals surface area (Å²) < 4.78 is 4.96. The average Bonchev–Trinajstić information content (AvgIpc) is 3.32. The van der Waals surface area contributed by atoms with Gasteiger partial charge < -0.3 is 24.5 Å². The van der Waals surface area contributed by atoms with Crippen LogP contribution in [-0.4, -0.2) is 76.5 Å². The van der Waals surface area contributed by atoms with Crippen molar-refractivity contribution in [3.8, 4) is 0 Å². The van der Waals surface area contributed by atoms with E-state index in [9.17, 15) is 14.4 Å². The van der Waals surface area contributed by atoms with Crippen molar-refractivity contribution in [3.05, 3.63) is 58.5 Å². The van der Waals surface area contributed by atoms with Crippen molar-refractivity contribution < 1.29 is 14.1 Å². The smallest absolute Gasteiger partial charge is 0.313 e. The first-order chi connectivity index (χ1) is 18.9. The third-order valence-corrected chi connectivity index (χ3v) is 7.78. The van der Waals surface area contributed by atoms with E-state index in [0.29, 0.717) is 6.54 Å². The van der Waals surface area contributed by atoms with Crippen LogP contribution in [0.4, 0.5) is 11.5 Å². The Morgan fingerprint density at radius 2 is 1.87 bits per heavy atom. The second-order valence-electron chi connectivity index (χ2n) is 10.6. The minimum absolute atomic E-state index is 0.134. The number of rotatable bonds is 3. The molecule has 2 atom stereocenters. The maximum Gasteiger partial charge on any atom is 0.313 e. The van der Waals surface area contributed by atoms with Gasteiger partial charge >= 0.3 is 11.8 Å². The molecule has 2 aliphatic rings. The Morgan fingerprint density at radius 3 is 2.69 bits per heavy atom. The summed E-state index contributed by atoms with van der Waals surface area (Å²) in [6, 6.07) is 11.5. The molecule has 2 N–H and O–H groups in total. The molecule has 3 aromatic heterocycles. The predicted molar refractivity (Wildman–Crippen MR) is 148 cm³/mol. The lowest BCUT2D eigenvalue weighted by Crippen LogP contribution is -2.46. The fourth-order valence-electron chi connectivity index (χ4n) is 5.50. The molecule has 39 heavy (non-hydrogen) atoms. The van der Waals surface area contributed by atoms with Gasteiger partial charge in [0.1, 0.15) is 11.2 Å². The van der Waals surface area contributed by atoms with Gasteiger partial charge in [-0.25, -0.2) is 9.97 Å². The second kappa shape index (κ2) is 10.1. The Hall–Kier alpha value is -4.25. The number of aromatic amines is 1. The van der Waals surface area contributed by atoms with Crippen molar-refractivity contribution in [2.75, 3.05) is 50.0 Å².